The molecule has 0 radical (unpaired) electrons. The lowest BCUT2D eigenvalue weighted by atomic mass is 9.87. The van der Waals surface area contributed by atoms with Crippen LogP contribution in [0.15, 0.2) is 60.7 Å². The summed E-state index contributed by atoms with van der Waals surface area (Å²) in [6.07, 6.45) is 4.72. The van der Waals surface area contributed by atoms with Crippen molar-refractivity contribution in [1.29, 1.82) is 0 Å². The quantitative estimate of drug-likeness (QED) is 0.741. The van der Waals surface area contributed by atoms with Gasteiger partial charge in [-0.25, -0.2) is 0 Å². The summed E-state index contributed by atoms with van der Waals surface area (Å²) >= 11 is 0. The second-order valence-corrected chi connectivity index (χ2v) is 9.57. The molecule has 1 aliphatic carbocycles. The van der Waals surface area contributed by atoms with Crippen molar-refractivity contribution in [3.8, 4) is 0 Å². The van der Waals surface area contributed by atoms with E-state index in [0.29, 0.717) is 19.1 Å². The van der Waals surface area contributed by atoms with Gasteiger partial charge >= 0.3 is 0 Å². The molecule has 1 saturated carbocycles. The van der Waals surface area contributed by atoms with Crippen molar-refractivity contribution in [2.24, 2.45) is 0 Å². The first-order valence-corrected chi connectivity index (χ1v) is 12.4. The van der Waals surface area contributed by atoms with Gasteiger partial charge in [0.05, 0.1) is 18.5 Å². The Balaban J connectivity index is 1.21. The van der Waals surface area contributed by atoms with E-state index < -0.39 is 6.04 Å². The average molecular weight is 447 g/mol. The summed E-state index contributed by atoms with van der Waals surface area (Å²) in [5.41, 5.74) is 2.54. The highest BCUT2D eigenvalue weighted by Crippen LogP contribution is 2.29. The van der Waals surface area contributed by atoms with Gasteiger partial charge in [-0.3, -0.25) is 14.5 Å². The average Bonchev–Trinajstić information content (AvgIpc) is 2.86. The third-order valence-electron chi connectivity index (χ3n) is 7.47. The van der Waals surface area contributed by atoms with Crippen LogP contribution in [-0.4, -0.2) is 65.9 Å². The van der Waals surface area contributed by atoms with Gasteiger partial charge in [-0.1, -0.05) is 73.5 Å². The van der Waals surface area contributed by atoms with Crippen molar-refractivity contribution in [3.05, 3.63) is 71.8 Å². The van der Waals surface area contributed by atoms with Crippen LogP contribution in [0.2, 0.25) is 0 Å². The number of hydrogen-bond acceptors (Lipinski definition) is 4. The lowest BCUT2D eigenvalue weighted by molar-refractivity contribution is -0.138. The predicted octanol–water partition coefficient (Wildman–Crippen LogP) is 2.71. The topological polar surface area (TPSA) is 64.7 Å². The second-order valence-electron chi connectivity index (χ2n) is 9.57. The zero-order chi connectivity index (χ0) is 22.6. The molecule has 2 aromatic rings. The molecule has 2 saturated heterocycles. The van der Waals surface area contributed by atoms with E-state index in [2.05, 4.69) is 64.1 Å². The van der Waals surface area contributed by atoms with E-state index in [1.54, 1.807) is 0 Å². The first-order valence-electron chi connectivity index (χ1n) is 12.4. The minimum Gasteiger partial charge on any atom is -0.350 e. The summed E-state index contributed by atoms with van der Waals surface area (Å²) < 4.78 is 0. The van der Waals surface area contributed by atoms with Gasteiger partial charge in [0.2, 0.25) is 11.8 Å². The Bertz CT molecular complexity index is 904. The van der Waals surface area contributed by atoms with Crippen molar-refractivity contribution in [1.82, 2.24) is 20.4 Å². The van der Waals surface area contributed by atoms with Crippen molar-refractivity contribution >= 4 is 11.8 Å². The van der Waals surface area contributed by atoms with Gasteiger partial charge in [-0.05, 0) is 24.0 Å². The van der Waals surface area contributed by atoms with Crippen LogP contribution in [0.3, 0.4) is 0 Å². The van der Waals surface area contributed by atoms with E-state index in [1.807, 2.05) is 17.0 Å². The molecular weight excluding hydrogens is 412 g/mol. The fourth-order valence-electron chi connectivity index (χ4n) is 5.69. The highest BCUT2D eigenvalue weighted by atomic mass is 16.2. The largest absolute Gasteiger partial charge is 0.350 e. The van der Waals surface area contributed by atoms with Gasteiger partial charge in [-0.15, -0.1) is 0 Å². The van der Waals surface area contributed by atoms with Crippen molar-refractivity contribution < 1.29 is 9.59 Å². The number of piperazine rings is 2. The Morgan fingerprint density at radius 1 is 0.848 bits per heavy atom. The molecule has 2 aromatic carbocycles. The van der Waals surface area contributed by atoms with Crippen LogP contribution in [0, 0.1) is 0 Å². The Labute approximate surface area is 196 Å². The third kappa shape index (κ3) is 4.97. The number of benzene rings is 2. The van der Waals surface area contributed by atoms with E-state index in [0.717, 1.165) is 25.9 Å². The highest BCUT2D eigenvalue weighted by molar-refractivity contribution is 5.89. The summed E-state index contributed by atoms with van der Waals surface area (Å²) in [7, 11) is 0. The van der Waals surface area contributed by atoms with Crippen LogP contribution >= 0.6 is 0 Å². The van der Waals surface area contributed by atoms with Gasteiger partial charge in [0.15, 0.2) is 0 Å². The zero-order valence-electron chi connectivity index (χ0n) is 19.2. The molecule has 0 bridgehead atoms. The SMILES string of the molecule is O=C1N[C@H]2CCCC[C@H]2N[C@H]1CC(=O)N1CCN(C(c2ccccc2)c2ccccc2)CC1. The summed E-state index contributed by atoms with van der Waals surface area (Å²) in [6, 6.07) is 21.5. The van der Waals surface area contributed by atoms with E-state index >= 15 is 0 Å². The van der Waals surface area contributed by atoms with Gasteiger partial charge in [-0.2, -0.15) is 0 Å². The molecule has 3 aliphatic rings. The molecule has 6 heteroatoms. The molecular formula is C27H34N4O2. The van der Waals surface area contributed by atoms with Crippen molar-refractivity contribution in [2.75, 3.05) is 26.2 Å². The smallest absolute Gasteiger partial charge is 0.237 e. The first kappa shape index (κ1) is 22.1. The monoisotopic (exact) mass is 446 g/mol. The maximum atomic E-state index is 13.1. The molecule has 2 aliphatic heterocycles. The number of nitrogens with one attached hydrogen (secondary N) is 2. The number of fused-ring (bicyclic) bond motifs is 1. The van der Waals surface area contributed by atoms with Crippen molar-refractivity contribution in [3.63, 3.8) is 0 Å². The number of nitrogens with zero attached hydrogens (tertiary/aromatic N) is 2. The van der Waals surface area contributed by atoms with Gasteiger partial charge < -0.3 is 15.5 Å². The fraction of sp³-hybridized carbons (Fsp3) is 0.481. The minimum atomic E-state index is -0.406. The predicted molar refractivity (Wildman–Crippen MR) is 129 cm³/mol. The number of carbonyl (C=O) groups is 2. The van der Waals surface area contributed by atoms with Gasteiger partial charge in [0.1, 0.15) is 0 Å². The molecule has 174 valence electrons. The van der Waals surface area contributed by atoms with Crippen LogP contribution in [0.5, 0.6) is 0 Å². The van der Waals surface area contributed by atoms with E-state index in [4.69, 9.17) is 0 Å². The van der Waals surface area contributed by atoms with E-state index in [9.17, 15) is 9.59 Å². The molecule has 0 aromatic heterocycles. The van der Waals surface area contributed by atoms with Crippen LogP contribution in [0.1, 0.15) is 49.3 Å². The van der Waals surface area contributed by atoms with Crippen molar-refractivity contribution in [2.45, 2.75) is 56.3 Å². The summed E-state index contributed by atoms with van der Waals surface area (Å²) in [6.45, 7) is 3.01. The Morgan fingerprint density at radius 3 is 2.03 bits per heavy atom. The molecule has 6 nitrogen and oxygen atoms in total. The maximum absolute atomic E-state index is 13.1. The number of carbonyl (C=O) groups excluding carboxylic acids is 2. The Morgan fingerprint density at radius 2 is 1.42 bits per heavy atom. The minimum absolute atomic E-state index is 0.0154. The van der Waals surface area contributed by atoms with E-state index in [-0.39, 0.29) is 30.3 Å². The second kappa shape index (κ2) is 10.1. The number of rotatable bonds is 5. The Kier molecular flexibility index (Phi) is 6.74. The standard InChI is InChI=1S/C27H34N4O2/c32-25(19-24-27(33)29-23-14-8-7-13-22(23)28-24)30-15-17-31(18-16-30)26(20-9-3-1-4-10-20)21-11-5-2-6-12-21/h1-6,9-12,22-24,26,28H,7-8,13-19H2,(H,29,33)/t22-,23+,24+/m1/s1. The molecule has 2 amide bonds. The van der Waals surface area contributed by atoms with E-state index in [1.165, 1.54) is 24.0 Å². The van der Waals surface area contributed by atoms with Gasteiger partial charge in [0, 0.05) is 38.3 Å². The molecule has 3 fully saturated rings. The Hall–Kier alpha value is -2.70. The highest BCUT2D eigenvalue weighted by Gasteiger charge is 2.38. The van der Waals surface area contributed by atoms with Crippen LogP contribution in [0.25, 0.3) is 0 Å². The number of hydrogen-bond donors (Lipinski definition) is 2. The molecule has 3 atom stereocenters. The zero-order valence-corrected chi connectivity index (χ0v) is 19.2. The summed E-state index contributed by atoms with van der Waals surface area (Å²) in [5, 5.41) is 6.63. The summed E-state index contributed by atoms with van der Waals surface area (Å²) in [5.74, 6) is 0.0610. The third-order valence-corrected chi connectivity index (χ3v) is 7.47. The normalized spacial score (nSPS) is 26.0. The molecule has 2 heterocycles. The molecule has 33 heavy (non-hydrogen) atoms. The number of amides is 2. The lowest BCUT2D eigenvalue weighted by Gasteiger charge is -2.42. The summed E-state index contributed by atoms with van der Waals surface area (Å²) in [4.78, 5) is 30.0. The first-order chi connectivity index (χ1) is 16.2. The maximum Gasteiger partial charge on any atom is 0.237 e. The van der Waals surface area contributed by atoms with Crippen LogP contribution in [0.4, 0.5) is 0 Å². The fourth-order valence-corrected chi connectivity index (χ4v) is 5.69. The lowest BCUT2D eigenvalue weighted by Crippen LogP contribution is -2.65. The van der Waals surface area contributed by atoms with Gasteiger partial charge in [0.25, 0.3) is 0 Å². The molecule has 0 spiro atoms. The molecule has 2 N–H and O–H groups in total. The van der Waals surface area contributed by atoms with Crippen LogP contribution in [-0.2, 0) is 9.59 Å². The molecule has 5 rings (SSSR count). The van der Waals surface area contributed by atoms with Crippen LogP contribution < -0.4 is 10.6 Å². The molecule has 0 unspecified atom stereocenters.